The summed E-state index contributed by atoms with van der Waals surface area (Å²) >= 11 is 1.88. The summed E-state index contributed by atoms with van der Waals surface area (Å²) < 4.78 is 18.7. The fourth-order valence-electron chi connectivity index (χ4n) is 16.5. The van der Waals surface area contributed by atoms with Crippen molar-refractivity contribution in [2.45, 2.75) is 0 Å². The molecule has 0 radical (unpaired) electrons. The van der Waals surface area contributed by atoms with Gasteiger partial charge in [-0.2, -0.15) is 0 Å². The van der Waals surface area contributed by atoms with Crippen LogP contribution in [0.4, 0.5) is 0 Å². The van der Waals surface area contributed by atoms with Gasteiger partial charge < -0.3 is 22.7 Å². The lowest BCUT2D eigenvalue weighted by molar-refractivity contribution is 0.670. The van der Waals surface area contributed by atoms with E-state index in [0.29, 0.717) is 0 Å². The van der Waals surface area contributed by atoms with E-state index in [4.69, 9.17) is 4.42 Å². The van der Waals surface area contributed by atoms with Crippen LogP contribution in [0.25, 0.3) is 197 Å². The van der Waals surface area contributed by atoms with E-state index in [1.807, 2.05) is 23.5 Å². The Morgan fingerprint density at radius 1 is 0.196 bits per heavy atom. The number of benzene rings is 16. The molecule has 6 heteroatoms. The molecule has 0 saturated carbocycles. The predicted octanol–water partition coefficient (Wildman–Crippen LogP) is 26.7. The van der Waals surface area contributed by atoms with Crippen LogP contribution in [0.3, 0.4) is 0 Å². The van der Waals surface area contributed by atoms with Crippen LogP contribution in [-0.4, -0.2) is 18.3 Å². The van der Waals surface area contributed by atoms with Crippen molar-refractivity contribution in [2.24, 2.45) is 0 Å². The molecule has 0 bridgehead atoms. The molecule has 476 valence electrons. The first kappa shape index (κ1) is 57.8. The molecule has 6 heterocycles. The standard InChI is InChI=1S/C48H30N2O.C48H30N2S/c2*1-5-22-43-37(16-1)38-17-2-6-23-44(38)50(43)35-26-27-46-42(30-35)39-18-3-7-24-45(39)49(46)34-15-10-13-32(29-34)31-12-9-14-33(28-31)36-20-11-21-41-40-19-4-8-25-47(40)51-48(36)41/h2*1-30H. The van der Waals surface area contributed by atoms with Gasteiger partial charge in [0, 0.05) is 102 Å². The molecule has 5 nitrogen and oxygen atoms in total. The Morgan fingerprint density at radius 3 is 1.00 bits per heavy atom. The largest absolute Gasteiger partial charge is 0.455 e. The van der Waals surface area contributed by atoms with Crippen LogP contribution in [0.5, 0.6) is 0 Å². The van der Waals surface area contributed by atoms with E-state index in [-0.39, 0.29) is 0 Å². The number of thiophene rings is 1. The topological polar surface area (TPSA) is 32.9 Å². The third-order valence-corrected chi connectivity index (χ3v) is 22.2. The minimum atomic E-state index is 0.914. The first-order chi connectivity index (χ1) is 50.6. The molecule has 0 aliphatic carbocycles. The number of para-hydroxylation sites is 8. The number of hydrogen-bond acceptors (Lipinski definition) is 2. The Kier molecular flexibility index (Phi) is 13.1. The average Bonchev–Trinajstić information content (AvgIpc) is 1.56. The zero-order chi connectivity index (χ0) is 66.9. The highest BCUT2D eigenvalue weighted by Gasteiger charge is 2.21. The minimum Gasteiger partial charge on any atom is -0.455 e. The molecule has 0 aliphatic rings. The first-order valence-corrected chi connectivity index (χ1v) is 35.7. The molecule has 0 fully saturated rings. The van der Waals surface area contributed by atoms with Crippen molar-refractivity contribution in [2.75, 3.05) is 0 Å². The second-order valence-electron chi connectivity index (χ2n) is 26.7. The van der Waals surface area contributed by atoms with Gasteiger partial charge in [-0.25, -0.2) is 0 Å². The van der Waals surface area contributed by atoms with Crippen LogP contribution in [-0.2, 0) is 0 Å². The monoisotopic (exact) mass is 1320 g/mol. The van der Waals surface area contributed by atoms with Gasteiger partial charge in [-0.3, -0.25) is 0 Å². The highest BCUT2D eigenvalue weighted by atomic mass is 32.1. The van der Waals surface area contributed by atoms with Crippen molar-refractivity contribution < 1.29 is 4.42 Å². The third kappa shape index (κ3) is 9.10. The van der Waals surface area contributed by atoms with Gasteiger partial charge in [0.15, 0.2) is 0 Å². The summed E-state index contributed by atoms with van der Waals surface area (Å²) in [7, 11) is 0. The highest BCUT2D eigenvalue weighted by Crippen LogP contribution is 2.45. The van der Waals surface area contributed by atoms with Crippen LogP contribution in [0.1, 0.15) is 0 Å². The molecule has 22 rings (SSSR count). The molecule has 22 aromatic rings. The smallest absolute Gasteiger partial charge is 0.143 e. The molecule has 0 atom stereocenters. The fraction of sp³-hybridized carbons (Fsp3) is 0. The van der Waals surface area contributed by atoms with Gasteiger partial charge in [-0.1, -0.05) is 243 Å². The van der Waals surface area contributed by atoms with Crippen LogP contribution in [0.2, 0.25) is 0 Å². The van der Waals surface area contributed by atoms with Crippen LogP contribution < -0.4 is 0 Å². The summed E-state index contributed by atoms with van der Waals surface area (Å²) in [6.45, 7) is 0. The fourth-order valence-corrected chi connectivity index (χ4v) is 17.7. The molecule has 0 amide bonds. The maximum atomic E-state index is 6.40. The lowest BCUT2D eigenvalue weighted by atomic mass is 9.97. The summed E-state index contributed by atoms with van der Waals surface area (Å²) in [5.74, 6) is 0. The van der Waals surface area contributed by atoms with Gasteiger partial charge in [0.2, 0.25) is 0 Å². The van der Waals surface area contributed by atoms with Crippen LogP contribution >= 0.6 is 11.3 Å². The van der Waals surface area contributed by atoms with Crippen molar-refractivity contribution in [3.63, 3.8) is 0 Å². The molecule has 0 aliphatic heterocycles. The molecular weight excluding hydrogens is 1260 g/mol. The summed E-state index contributed by atoms with van der Waals surface area (Å²) in [4.78, 5) is 0. The lowest BCUT2D eigenvalue weighted by Crippen LogP contribution is -1.96. The molecular formula is C96H60N4OS. The number of fused-ring (bicyclic) bond motifs is 18. The van der Waals surface area contributed by atoms with Crippen LogP contribution in [0, 0.1) is 0 Å². The predicted molar refractivity (Wildman–Crippen MR) is 432 cm³/mol. The number of aromatic nitrogens is 4. The minimum absolute atomic E-state index is 0.914. The van der Waals surface area contributed by atoms with Crippen LogP contribution in [0.15, 0.2) is 368 Å². The van der Waals surface area contributed by atoms with E-state index < -0.39 is 0 Å². The van der Waals surface area contributed by atoms with Gasteiger partial charge in [-0.15, -0.1) is 11.3 Å². The zero-order valence-electron chi connectivity index (χ0n) is 55.2. The number of rotatable bonds is 8. The van der Waals surface area contributed by atoms with Crippen molar-refractivity contribution in [1.29, 1.82) is 0 Å². The number of hydrogen-bond donors (Lipinski definition) is 0. The summed E-state index contributed by atoms with van der Waals surface area (Å²) in [6, 6.07) is 132. The van der Waals surface area contributed by atoms with Gasteiger partial charge in [0.05, 0.1) is 44.1 Å². The summed E-state index contributed by atoms with van der Waals surface area (Å²) in [6.07, 6.45) is 0. The maximum Gasteiger partial charge on any atom is 0.143 e. The van der Waals surface area contributed by atoms with E-state index in [1.165, 1.54) is 141 Å². The van der Waals surface area contributed by atoms with E-state index >= 15 is 0 Å². The van der Waals surface area contributed by atoms with Gasteiger partial charge in [-0.05, 0) is 160 Å². The van der Waals surface area contributed by atoms with E-state index in [9.17, 15) is 0 Å². The average molecular weight is 1320 g/mol. The third-order valence-electron chi connectivity index (χ3n) is 21.0. The van der Waals surface area contributed by atoms with Crippen molar-refractivity contribution >= 4 is 141 Å². The maximum absolute atomic E-state index is 6.40. The Morgan fingerprint density at radius 2 is 0.520 bits per heavy atom. The van der Waals surface area contributed by atoms with Gasteiger partial charge >= 0.3 is 0 Å². The summed E-state index contributed by atoms with van der Waals surface area (Å²) in [5, 5.41) is 15.0. The van der Waals surface area contributed by atoms with Crippen molar-refractivity contribution in [1.82, 2.24) is 18.3 Å². The Balaban J connectivity index is 0.000000133. The number of furan rings is 1. The Hall–Kier alpha value is -13.3. The molecule has 0 unspecified atom stereocenters. The summed E-state index contributed by atoms with van der Waals surface area (Å²) in [5.41, 5.74) is 25.6. The van der Waals surface area contributed by atoms with Crippen molar-refractivity contribution in [3.05, 3.63) is 364 Å². The number of nitrogens with zero attached hydrogens (tertiary/aromatic N) is 4. The van der Waals surface area contributed by atoms with Gasteiger partial charge in [0.25, 0.3) is 0 Å². The second kappa shape index (κ2) is 23.2. The lowest BCUT2D eigenvalue weighted by Gasteiger charge is -2.12. The molecule has 0 spiro atoms. The van der Waals surface area contributed by atoms with Gasteiger partial charge in [0.1, 0.15) is 11.2 Å². The first-order valence-electron chi connectivity index (χ1n) is 34.9. The molecule has 6 aromatic heterocycles. The molecule has 0 saturated heterocycles. The highest BCUT2D eigenvalue weighted by molar-refractivity contribution is 7.26. The molecule has 16 aromatic carbocycles. The zero-order valence-corrected chi connectivity index (χ0v) is 56.1. The molecule has 102 heavy (non-hydrogen) atoms. The van der Waals surface area contributed by atoms with E-state index in [1.54, 1.807) is 0 Å². The van der Waals surface area contributed by atoms with E-state index in [0.717, 1.165) is 55.7 Å². The Bertz CT molecular complexity index is 6630. The SMILES string of the molecule is c1cc(-c2cccc(-n3c4ccccc4c4cc(-n5c6ccccc6c6ccccc65)ccc43)c2)cc(-c2cccc3c2oc2ccccc23)c1.c1cc(-c2cccc(-n3c4ccccc4c4cc(-n5c6ccccc6c6ccccc65)ccc43)c2)cc(-c2cccc3c2sc2ccccc23)c1. The van der Waals surface area contributed by atoms with Crippen molar-refractivity contribution in [3.8, 4) is 67.3 Å². The Labute approximate surface area is 590 Å². The normalized spacial score (nSPS) is 11.9. The quantitative estimate of drug-likeness (QED) is 0.149. The van der Waals surface area contributed by atoms with E-state index in [2.05, 4.69) is 370 Å². The second-order valence-corrected chi connectivity index (χ2v) is 27.7. The molecule has 0 N–H and O–H groups in total.